The molecule has 0 saturated heterocycles. The predicted octanol–water partition coefficient (Wildman–Crippen LogP) is 4.69. The van der Waals surface area contributed by atoms with Gasteiger partial charge < -0.3 is 10.2 Å². The Hall–Kier alpha value is -3.17. The lowest BCUT2D eigenvalue weighted by Gasteiger charge is -2.34. The van der Waals surface area contributed by atoms with Gasteiger partial charge in [-0.25, -0.2) is 8.42 Å². The van der Waals surface area contributed by atoms with E-state index in [1.54, 1.807) is 18.2 Å². The summed E-state index contributed by atoms with van der Waals surface area (Å²) in [6.45, 7) is 5.29. The SMILES string of the molecule is Cc1cccc(N(CC(=O)N(Cc2ccc(Br)cc2)[C@@H](Cc2ccccc2)C(=O)NC(C)C)S(C)(=O)=O)c1. The number of benzene rings is 3. The van der Waals surface area contributed by atoms with E-state index < -0.39 is 28.5 Å². The monoisotopic (exact) mass is 599 g/mol. The molecule has 0 bridgehead atoms. The molecular weight excluding hydrogens is 566 g/mol. The molecule has 9 heteroatoms. The average Bonchev–Trinajstić information content (AvgIpc) is 2.85. The molecule has 2 amide bonds. The van der Waals surface area contributed by atoms with Gasteiger partial charge in [0.1, 0.15) is 12.6 Å². The minimum atomic E-state index is -3.79. The fourth-order valence-corrected chi connectivity index (χ4v) is 5.22. The highest BCUT2D eigenvalue weighted by Gasteiger charge is 2.33. The van der Waals surface area contributed by atoms with Crippen molar-refractivity contribution in [1.82, 2.24) is 10.2 Å². The lowest BCUT2D eigenvalue weighted by atomic mass is 10.0. The number of amides is 2. The van der Waals surface area contributed by atoms with Gasteiger partial charge in [-0.05, 0) is 61.7 Å². The van der Waals surface area contributed by atoms with E-state index in [9.17, 15) is 18.0 Å². The Morgan fingerprint density at radius 2 is 1.58 bits per heavy atom. The summed E-state index contributed by atoms with van der Waals surface area (Å²) >= 11 is 3.43. The normalized spacial score (nSPS) is 12.2. The van der Waals surface area contributed by atoms with Crippen molar-refractivity contribution < 1.29 is 18.0 Å². The Kier molecular flexibility index (Phi) is 10.1. The summed E-state index contributed by atoms with van der Waals surface area (Å²) in [6, 6.07) is 23.0. The Morgan fingerprint density at radius 3 is 2.16 bits per heavy atom. The van der Waals surface area contributed by atoms with Crippen LogP contribution in [0.4, 0.5) is 5.69 Å². The molecule has 202 valence electrons. The van der Waals surface area contributed by atoms with E-state index in [2.05, 4.69) is 21.2 Å². The number of rotatable bonds is 11. The summed E-state index contributed by atoms with van der Waals surface area (Å²) in [5.41, 5.74) is 2.98. The highest BCUT2D eigenvalue weighted by Crippen LogP contribution is 2.22. The number of carbonyl (C=O) groups excluding carboxylic acids is 2. The zero-order chi connectivity index (χ0) is 27.9. The van der Waals surface area contributed by atoms with Gasteiger partial charge in [0.25, 0.3) is 0 Å². The van der Waals surface area contributed by atoms with E-state index in [0.717, 1.165) is 31.7 Å². The van der Waals surface area contributed by atoms with Crippen molar-refractivity contribution in [2.75, 3.05) is 17.1 Å². The minimum absolute atomic E-state index is 0.134. The predicted molar refractivity (Wildman–Crippen MR) is 155 cm³/mol. The summed E-state index contributed by atoms with van der Waals surface area (Å²) in [5.74, 6) is -0.768. The molecule has 0 saturated carbocycles. The van der Waals surface area contributed by atoms with Crippen molar-refractivity contribution in [3.63, 3.8) is 0 Å². The number of hydrogen-bond donors (Lipinski definition) is 1. The number of carbonyl (C=O) groups is 2. The van der Waals surface area contributed by atoms with E-state index in [1.165, 1.54) is 4.90 Å². The van der Waals surface area contributed by atoms with E-state index in [4.69, 9.17) is 0 Å². The molecule has 0 aliphatic heterocycles. The molecule has 0 aliphatic carbocycles. The standard InChI is InChI=1S/C29H34BrN3O4S/c1-21(2)31-29(35)27(18-23-10-6-5-7-11-23)32(19-24-13-15-25(30)16-14-24)28(34)20-33(38(4,36)37)26-12-8-9-22(3)17-26/h5-17,21,27H,18-20H2,1-4H3,(H,31,35)/t27-/m0/s1. The summed E-state index contributed by atoms with van der Waals surface area (Å²) in [6.07, 6.45) is 1.36. The molecule has 0 aromatic heterocycles. The molecule has 0 radical (unpaired) electrons. The van der Waals surface area contributed by atoms with Crippen molar-refractivity contribution in [2.24, 2.45) is 0 Å². The van der Waals surface area contributed by atoms with Gasteiger partial charge in [-0.1, -0.05) is 70.5 Å². The van der Waals surface area contributed by atoms with Gasteiger partial charge in [-0.3, -0.25) is 13.9 Å². The van der Waals surface area contributed by atoms with Crippen LogP contribution >= 0.6 is 15.9 Å². The summed E-state index contributed by atoms with van der Waals surface area (Å²) in [5, 5.41) is 2.94. The first-order valence-electron chi connectivity index (χ1n) is 12.4. The second-order valence-electron chi connectivity index (χ2n) is 9.63. The molecule has 0 unspecified atom stereocenters. The third kappa shape index (κ3) is 8.43. The van der Waals surface area contributed by atoms with Crippen LogP contribution in [0.15, 0.2) is 83.3 Å². The molecule has 0 fully saturated rings. The molecule has 0 aliphatic rings. The molecule has 0 spiro atoms. The maximum atomic E-state index is 14.0. The zero-order valence-electron chi connectivity index (χ0n) is 22.1. The summed E-state index contributed by atoms with van der Waals surface area (Å²) < 4.78 is 27.6. The molecule has 3 rings (SSSR count). The number of aryl methyl sites for hydroxylation is 1. The van der Waals surface area contributed by atoms with Crippen LogP contribution in [0, 0.1) is 6.92 Å². The van der Waals surface area contributed by atoms with E-state index in [0.29, 0.717) is 5.69 Å². The van der Waals surface area contributed by atoms with Crippen LogP contribution in [0.3, 0.4) is 0 Å². The van der Waals surface area contributed by atoms with Gasteiger partial charge in [0.2, 0.25) is 21.8 Å². The van der Waals surface area contributed by atoms with Crippen molar-refractivity contribution in [2.45, 2.75) is 45.8 Å². The van der Waals surface area contributed by atoms with Crippen LogP contribution in [0.25, 0.3) is 0 Å². The fraction of sp³-hybridized carbons (Fsp3) is 0.310. The highest BCUT2D eigenvalue weighted by molar-refractivity contribution is 9.10. The summed E-state index contributed by atoms with van der Waals surface area (Å²) in [4.78, 5) is 29.0. The van der Waals surface area contributed by atoms with Crippen LogP contribution in [0.5, 0.6) is 0 Å². The van der Waals surface area contributed by atoms with Crippen molar-refractivity contribution in [1.29, 1.82) is 0 Å². The molecule has 3 aromatic rings. The van der Waals surface area contributed by atoms with Gasteiger partial charge in [0, 0.05) is 23.5 Å². The number of nitrogens with one attached hydrogen (secondary N) is 1. The second-order valence-corrected chi connectivity index (χ2v) is 12.4. The minimum Gasteiger partial charge on any atom is -0.352 e. The maximum Gasteiger partial charge on any atom is 0.244 e. The second kappa shape index (κ2) is 13.1. The Balaban J connectivity index is 2.05. The molecule has 7 nitrogen and oxygen atoms in total. The third-order valence-corrected chi connectivity index (χ3v) is 7.61. The van der Waals surface area contributed by atoms with Gasteiger partial charge in [-0.2, -0.15) is 0 Å². The number of nitrogens with zero attached hydrogens (tertiary/aromatic N) is 2. The quantitative estimate of drug-likeness (QED) is 0.346. The first kappa shape index (κ1) is 29.4. The van der Waals surface area contributed by atoms with E-state index in [-0.39, 0.29) is 24.9 Å². The average molecular weight is 601 g/mol. The van der Waals surface area contributed by atoms with Gasteiger partial charge in [-0.15, -0.1) is 0 Å². The first-order chi connectivity index (χ1) is 17.9. The lowest BCUT2D eigenvalue weighted by molar-refractivity contribution is -0.140. The maximum absolute atomic E-state index is 14.0. The third-order valence-electron chi connectivity index (χ3n) is 5.94. The van der Waals surface area contributed by atoms with E-state index in [1.807, 2.05) is 81.4 Å². The van der Waals surface area contributed by atoms with Crippen molar-refractivity contribution in [3.8, 4) is 0 Å². The van der Waals surface area contributed by atoms with Gasteiger partial charge >= 0.3 is 0 Å². The summed E-state index contributed by atoms with van der Waals surface area (Å²) in [7, 11) is -3.79. The number of hydrogen-bond acceptors (Lipinski definition) is 4. The highest BCUT2D eigenvalue weighted by atomic mass is 79.9. The van der Waals surface area contributed by atoms with Crippen LogP contribution in [0.2, 0.25) is 0 Å². The Morgan fingerprint density at radius 1 is 0.921 bits per heavy atom. The molecule has 38 heavy (non-hydrogen) atoms. The molecular formula is C29H34BrN3O4S. The lowest BCUT2D eigenvalue weighted by Crippen LogP contribution is -2.54. The number of sulfonamides is 1. The van der Waals surface area contributed by atoms with Crippen molar-refractivity contribution in [3.05, 3.63) is 100 Å². The van der Waals surface area contributed by atoms with Crippen molar-refractivity contribution >= 4 is 43.5 Å². The van der Waals surface area contributed by atoms with Gasteiger partial charge in [0.05, 0.1) is 11.9 Å². The molecule has 1 N–H and O–H groups in total. The van der Waals surface area contributed by atoms with Crippen LogP contribution in [0.1, 0.15) is 30.5 Å². The number of halogens is 1. The van der Waals surface area contributed by atoms with Gasteiger partial charge in [0.15, 0.2) is 0 Å². The van der Waals surface area contributed by atoms with Crippen LogP contribution < -0.4 is 9.62 Å². The van der Waals surface area contributed by atoms with Crippen LogP contribution in [-0.4, -0.2) is 50.0 Å². The number of anilines is 1. The molecule has 1 atom stereocenters. The first-order valence-corrected chi connectivity index (χ1v) is 15.0. The zero-order valence-corrected chi connectivity index (χ0v) is 24.5. The van der Waals surface area contributed by atoms with Crippen LogP contribution in [-0.2, 0) is 32.6 Å². The largest absolute Gasteiger partial charge is 0.352 e. The fourth-order valence-electron chi connectivity index (χ4n) is 4.12. The molecule has 0 heterocycles. The topological polar surface area (TPSA) is 86.8 Å². The van der Waals surface area contributed by atoms with E-state index >= 15 is 0 Å². The smallest absolute Gasteiger partial charge is 0.244 e. The Labute approximate surface area is 234 Å². The Bertz CT molecular complexity index is 1350. The molecule has 3 aromatic carbocycles.